The first-order chi connectivity index (χ1) is 7.65. The molecule has 16 heavy (non-hydrogen) atoms. The highest BCUT2D eigenvalue weighted by Gasteiger charge is 2.02. The summed E-state index contributed by atoms with van der Waals surface area (Å²) < 4.78 is 12.9. The third-order valence-electron chi connectivity index (χ3n) is 1.85. The van der Waals surface area contributed by atoms with Crippen LogP contribution in [0, 0.1) is 5.82 Å². The Morgan fingerprint density at radius 2 is 2.12 bits per heavy atom. The second-order valence-electron chi connectivity index (χ2n) is 3.06. The lowest BCUT2D eigenvalue weighted by Gasteiger charge is -2.05. The Kier molecular flexibility index (Phi) is 2.87. The zero-order valence-corrected chi connectivity index (χ0v) is 8.87. The minimum Gasteiger partial charge on any atom is -0.384 e. The van der Waals surface area contributed by atoms with E-state index in [0.29, 0.717) is 17.5 Å². The first kappa shape index (κ1) is 10.6. The minimum atomic E-state index is -0.472. The maximum atomic E-state index is 12.9. The Morgan fingerprint density at radius 1 is 1.31 bits per heavy atom. The standard InChI is InChI=1S/C10H8ClFN4/c11-7-5-6(1-2-8(7)12)15-10-14-4-3-9(13)16-10/h1-5H,(H3,13,14,15,16). The first-order valence-corrected chi connectivity index (χ1v) is 4.83. The highest BCUT2D eigenvalue weighted by atomic mass is 35.5. The molecule has 3 N–H and O–H groups in total. The topological polar surface area (TPSA) is 63.8 Å². The van der Waals surface area contributed by atoms with Gasteiger partial charge in [-0.25, -0.2) is 9.37 Å². The van der Waals surface area contributed by atoms with Gasteiger partial charge in [0.25, 0.3) is 0 Å². The number of benzene rings is 1. The molecule has 0 atom stereocenters. The zero-order chi connectivity index (χ0) is 11.5. The Hall–Kier alpha value is -1.88. The number of rotatable bonds is 2. The number of halogens is 2. The summed E-state index contributed by atoms with van der Waals surface area (Å²) in [5.74, 6) is 0.217. The fourth-order valence-corrected chi connectivity index (χ4v) is 1.32. The molecule has 0 aliphatic rings. The Labute approximate surface area is 96.3 Å². The van der Waals surface area contributed by atoms with Crippen LogP contribution in [0.5, 0.6) is 0 Å². The van der Waals surface area contributed by atoms with Gasteiger partial charge in [-0.2, -0.15) is 4.98 Å². The maximum absolute atomic E-state index is 12.9. The van der Waals surface area contributed by atoms with Crippen molar-refractivity contribution in [2.75, 3.05) is 11.1 Å². The van der Waals surface area contributed by atoms with Crippen LogP contribution in [-0.2, 0) is 0 Å². The number of nitrogens with zero attached hydrogens (tertiary/aromatic N) is 2. The van der Waals surface area contributed by atoms with Gasteiger partial charge in [0, 0.05) is 11.9 Å². The predicted molar refractivity (Wildman–Crippen MR) is 61.1 cm³/mol. The first-order valence-electron chi connectivity index (χ1n) is 4.46. The highest BCUT2D eigenvalue weighted by Crippen LogP contribution is 2.21. The van der Waals surface area contributed by atoms with Crippen molar-refractivity contribution in [1.82, 2.24) is 9.97 Å². The van der Waals surface area contributed by atoms with Crippen LogP contribution in [0.4, 0.5) is 21.8 Å². The van der Waals surface area contributed by atoms with Gasteiger partial charge in [0.05, 0.1) is 5.02 Å². The number of anilines is 3. The third kappa shape index (κ3) is 2.38. The lowest BCUT2D eigenvalue weighted by atomic mass is 10.3. The van der Waals surface area contributed by atoms with Crippen molar-refractivity contribution in [2.24, 2.45) is 0 Å². The molecule has 0 amide bonds. The van der Waals surface area contributed by atoms with E-state index < -0.39 is 5.82 Å². The number of hydrogen-bond donors (Lipinski definition) is 2. The molecule has 0 saturated carbocycles. The van der Waals surface area contributed by atoms with Crippen LogP contribution in [0.1, 0.15) is 0 Å². The van der Waals surface area contributed by atoms with Crippen LogP contribution >= 0.6 is 11.6 Å². The van der Waals surface area contributed by atoms with Gasteiger partial charge in [-0.1, -0.05) is 11.6 Å². The molecule has 1 aromatic heterocycles. The van der Waals surface area contributed by atoms with Gasteiger partial charge in [-0.05, 0) is 24.3 Å². The lowest BCUT2D eigenvalue weighted by molar-refractivity contribution is 0.628. The SMILES string of the molecule is Nc1ccnc(Nc2ccc(F)c(Cl)c2)n1. The Balaban J connectivity index is 2.24. The fraction of sp³-hybridized carbons (Fsp3) is 0. The number of aromatic nitrogens is 2. The van der Waals surface area contributed by atoms with Crippen LogP contribution in [0.2, 0.25) is 5.02 Å². The monoisotopic (exact) mass is 238 g/mol. The van der Waals surface area contributed by atoms with E-state index in [1.807, 2.05) is 0 Å². The molecule has 0 spiro atoms. The van der Waals surface area contributed by atoms with Crippen LogP contribution in [0.25, 0.3) is 0 Å². The van der Waals surface area contributed by atoms with Gasteiger partial charge < -0.3 is 11.1 Å². The molecule has 0 fully saturated rings. The van der Waals surface area contributed by atoms with E-state index in [4.69, 9.17) is 17.3 Å². The van der Waals surface area contributed by atoms with Crippen molar-refractivity contribution < 1.29 is 4.39 Å². The normalized spacial score (nSPS) is 10.1. The second kappa shape index (κ2) is 4.32. The largest absolute Gasteiger partial charge is 0.384 e. The minimum absolute atomic E-state index is 0.0360. The molecule has 0 unspecified atom stereocenters. The molecule has 2 rings (SSSR count). The predicted octanol–water partition coefficient (Wildman–Crippen LogP) is 2.59. The molecule has 0 saturated heterocycles. The van der Waals surface area contributed by atoms with E-state index in [1.54, 1.807) is 6.07 Å². The van der Waals surface area contributed by atoms with E-state index in [0.717, 1.165) is 0 Å². The van der Waals surface area contributed by atoms with Crippen molar-refractivity contribution in [3.8, 4) is 0 Å². The van der Waals surface area contributed by atoms with Crippen molar-refractivity contribution in [2.45, 2.75) is 0 Å². The van der Waals surface area contributed by atoms with E-state index in [-0.39, 0.29) is 5.02 Å². The van der Waals surface area contributed by atoms with Crippen molar-refractivity contribution in [3.63, 3.8) is 0 Å². The van der Waals surface area contributed by atoms with Gasteiger partial charge in [-0.15, -0.1) is 0 Å². The molecule has 0 bridgehead atoms. The summed E-state index contributed by atoms with van der Waals surface area (Å²) in [6.07, 6.45) is 1.52. The molecular weight excluding hydrogens is 231 g/mol. The molecule has 4 nitrogen and oxygen atoms in total. The Morgan fingerprint density at radius 3 is 2.81 bits per heavy atom. The highest BCUT2D eigenvalue weighted by molar-refractivity contribution is 6.31. The molecule has 82 valence electrons. The van der Waals surface area contributed by atoms with Gasteiger partial charge in [0.1, 0.15) is 11.6 Å². The Bertz CT molecular complexity index is 518. The summed E-state index contributed by atoms with van der Waals surface area (Å²) in [7, 11) is 0. The summed E-state index contributed by atoms with van der Waals surface area (Å²) in [6, 6.07) is 5.82. The van der Waals surface area contributed by atoms with Crippen LogP contribution in [0.3, 0.4) is 0 Å². The summed E-state index contributed by atoms with van der Waals surface area (Å²) >= 11 is 5.63. The number of nitrogens with one attached hydrogen (secondary N) is 1. The van der Waals surface area contributed by atoms with E-state index in [9.17, 15) is 4.39 Å². The quantitative estimate of drug-likeness (QED) is 0.844. The molecule has 1 aromatic carbocycles. The average Bonchev–Trinajstić information content (AvgIpc) is 2.24. The van der Waals surface area contributed by atoms with Gasteiger partial charge in [0.15, 0.2) is 0 Å². The van der Waals surface area contributed by atoms with Crippen molar-refractivity contribution in [3.05, 3.63) is 41.3 Å². The molecule has 1 heterocycles. The fourth-order valence-electron chi connectivity index (χ4n) is 1.14. The smallest absolute Gasteiger partial charge is 0.229 e. The third-order valence-corrected chi connectivity index (χ3v) is 2.14. The number of hydrogen-bond acceptors (Lipinski definition) is 4. The molecular formula is C10H8ClFN4. The van der Waals surface area contributed by atoms with Gasteiger partial charge >= 0.3 is 0 Å². The molecule has 2 aromatic rings. The van der Waals surface area contributed by atoms with E-state index in [2.05, 4.69) is 15.3 Å². The van der Waals surface area contributed by atoms with Crippen LogP contribution in [-0.4, -0.2) is 9.97 Å². The number of nitrogen functional groups attached to an aromatic ring is 1. The van der Waals surface area contributed by atoms with Gasteiger partial charge in [-0.3, -0.25) is 0 Å². The van der Waals surface area contributed by atoms with E-state index >= 15 is 0 Å². The lowest BCUT2D eigenvalue weighted by Crippen LogP contribution is -1.99. The van der Waals surface area contributed by atoms with E-state index in [1.165, 1.54) is 24.4 Å². The zero-order valence-electron chi connectivity index (χ0n) is 8.11. The van der Waals surface area contributed by atoms with Gasteiger partial charge in [0.2, 0.25) is 5.95 Å². The number of nitrogens with two attached hydrogens (primary N) is 1. The van der Waals surface area contributed by atoms with Crippen molar-refractivity contribution >= 4 is 29.1 Å². The maximum Gasteiger partial charge on any atom is 0.229 e. The summed E-state index contributed by atoms with van der Waals surface area (Å²) in [5, 5.41) is 2.90. The van der Waals surface area contributed by atoms with Crippen LogP contribution in [0.15, 0.2) is 30.5 Å². The molecule has 0 aliphatic carbocycles. The molecule has 0 radical (unpaired) electrons. The van der Waals surface area contributed by atoms with Crippen LogP contribution < -0.4 is 11.1 Å². The molecule has 0 aliphatic heterocycles. The summed E-state index contributed by atoms with van der Waals surface area (Å²) in [6.45, 7) is 0. The van der Waals surface area contributed by atoms with Crippen molar-refractivity contribution in [1.29, 1.82) is 0 Å². The second-order valence-corrected chi connectivity index (χ2v) is 3.47. The average molecular weight is 239 g/mol. The summed E-state index contributed by atoms with van der Waals surface area (Å²) in [5.41, 5.74) is 6.08. The summed E-state index contributed by atoms with van der Waals surface area (Å²) in [4.78, 5) is 7.89. The molecule has 6 heteroatoms.